The minimum Gasteiger partial charge on any atom is -0.340 e. The molecule has 0 amide bonds. The van der Waals surface area contributed by atoms with Gasteiger partial charge < -0.3 is 5.32 Å². The molecule has 2 N–H and O–H groups in total. The van der Waals surface area contributed by atoms with Gasteiger partial charge in [0.15, 0.2) is 6.17 Å². The highest BCUT2D eigenvalue weighted by Crippen LogP contribution is 2.12. The largest absolute Gasteiger partial charge is 0.340 e. The SMILES string of the molecule is F[C@H]1C[NH2+]Cc2ccccc2C1. The standard InChI is InChI=1S/C10H12FN/c11-10-5-8-3-1-2-4-9(8)6-12-7-10/h1-4,10,12H,5-7H2/p+1/t10-/m1/s1. The summed E-state index contributed by atoms with van der Waals surface area (Å²) >= 11 is 0. The van der Waals surface area contributed by atoms with Gasteiger partial charge in [0, 0.05) is 12.0 Å². The van der Waals surface area contributed by atoms with Crippen molar-refractivity contribution in [2.45, 2.75) is 19.1 Å². The molecule has 1 nitrogen and oxygen atoms in total. The Morgan fingerprint density at radius 3 is 2.83 bits per heavy atom. The molecule has 0 aromatic heterocycles. The van der Waals surface area contributed by atoms with E-state index in [0.717, 1.165) is 6.54 Å². The lowest BCUT2D eigenvalue weighted by molar-refractivity contribution is -0.673. The minimum atomic E-state index is -0.673. The second-order valence-electron chi connectivity index (χ2n) is 3.30. The molecular weight excluding hydrogens is 153 g/mol. The number of alkyl halides is 1. The summed E-state index contributed by atoms with van der Waals surface area (Å²) in [7, 11) is 0. The van der Waals surface area contributed by atoms with E-state index in [0.29, 0.717) is 13.0 Å². The monoisotopic (exact) mass is 166 g/mol. The molecule has 1 heterocycles. The number of benzene rings is 1. The van der Waals surface area contributed by atoms with Crippen molar-refractivity contribution in [2.75, 3.05) is 6.54 Å². The van der Waals surface area contributed by atoms with Crippen LogP contribution in [-0.2, 0) is 13.0 Å². The average Bonchev–Trinajstić information content (AvgIpc) is 2.25. The number of nitrogens with two attached hydrogens (primary N) is 1. The molecule has 0 fully saturated rings. The van der Waals surface area contributed by atoms with Gasteiger partial charge in [-0.05, 0) is 5.56 Å². The first kappa shape index (κ1) is 7.74. The zero-order chi connectivity index (χ0) is 8.39. The summed E-state index contributed by atoms with van der Waals surface area (Å²) in [5.74, 6) is 0. The van der Waals surface area contributed by atoms with E-state index in [1.807, 2.05) is 23.5 Å². The molecule has 12 heavy (non-hydrogen) atoms. The maximum Gasteiger partial charge on any atom is 0.153 e. The maximum absolute atomic E-state index is 13.1. The van der Waals surface area contributed by atoms with Gasteiger partial charge in [-0.2, -0.15) is 0 Å². The molecule has 1 aliphatic heterocycles. The molecule has 2 heteroatoms. The zero-order valence-electron chi connectivity index (χ0n) is 6.96. The zero-order valence-corrected chi connectivity index (χ0v) is 6.96. The van der Waals surface area contributed by atoms with Gasteiger partial charge in [0.1, 0.15) is 13.1 Å². The predicted octanol–water partition coefficient (Wildman–Crippen LogP) is 0.644. The van der Waals surface area contributed by atoms with Gasteiger partial charge in [-0.25, -0.2) is 4.39 Å². The van der Waals surface area contributed by atoms with Crippen LogP contribution in [0, 0.1) is 0 Å². The Hall–Kier alpha value is -0.890. The van der Waals surface area contributed by atoms with Gasteiger partial charge in [-0.3, -0.25) is 0 Å². The van der Waals surface area contributed by atoms with Crippen molar-refractivity contribution in [1.82, 2.24) is 0 Å². The van der Waals surface area contributed by atoms with Gasteiger partial charge in [0.05, 0.1) is 0 Å². The number of hydrogen-bond acceptors (Lipinski definition) is 0. The highest BCUT2D eigenvalue weighted by molar-refractivity contribution is 5.27. The molecule has 0 aliphatic carbocycles. The van der Waals surface area contributed by atoms with E-state index < -0.39 is 6.17 Å². The van der Waals surface area contributed by atoms with Crippen molar-refractivity contribution in [2.24, 2.45) is 0 Å². The molecule has 0 saturated heterocycles. The fourth-order valence-corrected chi connectivity index (χ4v) is 1.70. The molecule has 1 aromatic carbocycles. The second kappa shape index (κ2) is 3.23. The van der Waals surface area contributed by atoms with Crippen LogP contribution in [0.15, 0.2) is 24.3 Å². The summed E-state index contributed by atoms with van der Waals surface area (Å²) in [4.78, 5) is 0. The number of rotatable bonds is 0. The number of hydrogen-bond donors (Lipinski definition) is 1. The van der Waals surface area contributed by atoms with Crippen LogP contribution in [0.2, 0.25) is 0 Å². The van der Waals surface area contributed by atoms with Crippen LogP contribution >= 0.6 is 0 Å². The lowest BCUT2D eigenvalue weighted by atomic mass is 10.0. The summed E-state index contributed by atoms with van der Waals surface area (Å²) in [6.45, 7) is 1.53. The smallest absolute Gasteiger partial charge is 0.153 e. The van der Waals surface area contributed by atoms with Crippen molar-refractivity contribution in [1.29, 1.82) is 0 Å². The number of fused-ring (bicyclic) bond motifs is 1. The minimum absolute atomic E-state index is 0.590. The van der Waals surface area contributed by atoms with E-state index in [-0.39, 0.29) is 0 Å². The number of quaternary nitrogens is 1. The van der Waals surface area contributed by atoms with Gasteiger partial charge in [0.25, 0.3) is 0 Å². The van der Waals surface area contributed by atoms with Gasteiger partial charge in [-0.15, -0.1) is 0 Å². The van der Waals surface area contributed by atoms with Crippen LogP contribution in [0.4, 0.5) is 4.39 Å². The Balaban J connectivity index is 2.31. The van der Waals surface area contributed by atoms with Crippen molar-refractivity contribution in [3.05, 3.63) is 35.4 Å². The van der Waals surface area contributed by atoms with Crippen molar-refractivity contribution in [3.8, 4) is 0 Å². The van der Waals surface area contributed by atoms with Crippen LogP contribution in [0.25, 0.3) is 0 Å². The molecule has 1 aliphatic rings. The second-order valence-corrected chi connectivity index (χ2v) is 3.30. The van der Waals surface area contributed by atoms with Crippen molar-refractivity contribution >= 4 is 0 Å². The predicted molar refractivity (Wildman–Crippen MR) is 45.5 cm³/mol. The first-order chi connectivity index (χ1) is 5.86. The Morgan fingerprint density at radius 2 is 2.00 bits per heavy atom. The normalized spacial score (nSPS) is 22.9. The third-order valence-electron chi connectivity index (χ3n) is 2.35. The summed E-state index contributed by atoms with van der Waals surface area (Å²) in [5.41, 5.74) is 2.47. The highest BCUT2D eigenvalue weighted by atomic mass is 19.1. The van der Waals surface area contributed by atoms with Crippen molar-refractivity contribution in [3.63, 3.8) is 0 Å². The van der Waals surface area contributed by atoms with Crippen LogP contribution in [0.3, 0.4) is 0 Å². The summed E-state index contributed by atoms with van der Waals surface area (Å²) < 4.78 is 13.1. The first-order valence-electron chi connectivity index (χ1n) is 4.39. The topological polar surface area (TPSA) is 16.6 Å². The summed E-state index contributed by atoms with van der Waals surface area (Å²) in [6, 6.07) is 8.12. The molecule has 0 saturated carbocycles. The Labute approximate surface area is 71.6 Å². The molecule has 1 aromatic rings. The third kappa shape index (κ3) is 1.48. The van der Waals surface area contributed by atoms with Crippen LogP contribution < -0.4 is 5.32 Å². The Kier molecular flexibility index (Phi) is 2.09. The highest BCUT2D eigenvalue weighted by Gasteiger charge is 2.16. The summed E-state index contributed by atoms with van der Waals surface area (Å²) in [5, 5.41) is 2.04. The molecule has 2 rings (SSSR count). The lowest BCUT2D eigenvalue weighted by Crippen LogP contribution is -2.83. The molecule has 64 valence electrons. The maximum atomic E-state index is 13.1. The molecule has 0 spiro atoms. The van der Waals surface area contributed by atoms with E-state index >= 15 is 0 Å². The van der Waals surface area contributed by atoms with Gasteiger partial charge >= 0.3 is 0 Å². The van der Waals surface area contributed by atoms with Crippen LogP contribution in [0.1, 0.15) is 11.1 Å². The Bertz CT molecular complexity index is 272. The molecule has 0 radical (unpaired) electrons. The van der Waals surface area contributed by atoms with Crippen molar-refractivity contribution < 1.29 is 9.71 Å². The molecule has 0 unspecified atom stereocenters. The van der Waals surface area contributed by atoms with E-state index in [1.165, 1.54) is 11.1 Å². The number of halogens is 1. The molecular formula is C10H13FN+. The first-order valence-corrected chi connectivity index (χ1v) is 4.39. The fraction of sp³-hybridized carbons (Fsp3) is 0.400. The lowest BCUT2D eigenvalue weighted by Gasteiger charge is -2.02. The third-order valence-corrected chi connectivity index (χ3v) is 2.35. The van der Waals surface area contributed by atoms with Crippen LogP contribution in [-0.4, -0.2) is 12.7 Å². The molecule has 1 atom stereocenters. The molecule has 0 bridgehead atoms. The average molecular weight is 166 g/mol. The van der Waals surface area contributed by atoms with E-state index in [2.05, 4.69) is 6.07 Å². The van der Waals surface area contributed by atoms with E-state index in [1.54, 1.807) is 0 Å². The van der Waals surface area contributed by atoms with E-state index in [4.69, 9.17) is 0 Å². The van der Waals surface area contributed by atoms with Gasteiger partial charge in [0.2, 0.25) is 0 Å². The van der Waals surface area contributed by atoms with Crippen LogP contribution in [0.5, 0.6) is 0 Å². The summed E-state index contributed by atoms with van der Waals surface area (Å²) in [6.07, 6.45) is -0.0826. The quantitative estimate of drug-likeness (QED) is 0.582. The Morgan fingerprint density at radius 1 is 1.25 bits per heavy atom. The van der Waals surface area contributed by atoms with Gasteiger partial charge in [-0.1, -0.05) is 24.3 Å². The fourth-order valence-electron chi connectivity index (χ4n) is 1.70. The van der Waals surface area contributed by atoms with E-state index in [9.17, 15) is 4.39 Å².